The lowest BCUT2D eigenvalue weighted by Crippen LogP contribution is -2.37. The number of nitrogens with zero attached hydrogens (tertiary/aromatic N) is 1. The summed E-state index contributed by atoms with van der Waals surface area (Å²) in [5.41, 5.74) is 10.8. The molecule has 90 valence electrons. The van der Waals surface area contributed by atoms with Gasteiger partial charge < -0.3 is 5.73 Å². The van der Waals surface area contributed by atoms with Gasteiger partial charge in [0.2, 0.25) is 0 Å². The van der Waals surface area contributed by atoms with Crippen LogP contribution in [-0.4, -0.2) is 11.5 Å². The van der Waals surface area contributed by atoms with Gasteiger partial charge in [-0.05, 0) is 24.5 Å². The molecule has 2 nitrogen and oxygen atoms in total. The number of nitrogens with two attached hydrogens (primary N) is 1. The van der Waals surface area contributed by atoms with Gasteiger partial charge in [0.15, 0.2) is 0 Å². The first kappa shape index (κ1) is 11.2. The highest BCUT2D eigenvalue weighted by Gasteiger charge is 2.34. The molecule has 2 aromatic rings. The highest BCUT2D eigenvalue weighted by atomic mass is 32.1. The van der Waals surface area contributed by atoms with Gasteiger partial charge in [-0.15, -0.1) is 11.3 Å². The van der Waals surface area contributed by atoms with Crippen molar-refractivity contribution in [3.8, 4) is 0 Å². The highest BCUT2D eigenvalue weighted by molar-refractivity contribution is 7.17. The van der Waals surface area contributed by atoms with Gasteiger partial charge in [0.05, 0.1) is 15.7 Å². The SMILES string of the molecule is NCC1(c2cccc3ncsc23)CCCCC1. The molecular weight excluding hydrogens is 228 g/mol. The minimum absolute atomic E-state index is 0.213. The molecule has 0 bridgehead atoms. The van der Waals surface area contributed by atoms with E-state index < -0.39 is 0 Å². The maximum Gasteiger partial charge on any atom is 0.0815 e. The minimum atomic E-state index is 0.213. The monoisotopic (exact) mass is 246 g/mol. The van der Waals surface area contributed by atoms with Crippen molar-refractivity contribution < 1.29 is 0 Å². The van der Waals surface area contributed by atoms with E-state index in [-0.39, 0.29) is 5.41 Å². The molecule has 1 aliphatic rings. The first-order valence-electron chi connectivity index (χ1n) is 6.38. The Bertz CT molecular complexity index is 512. The first-order valence-corrected chi connectivity index (χ1v) is 7.26. The molecule has 0 aliphatic heterocycles. The summed E-state index contributed by atoms with van der Waals surface area (Å²) in [7, 11) is 0. The molecule has 2 N–H and O–H groups in total. The second-order valence-electron chi connectivity index (χ2n) is 5.05. The van der Waals surface area contributed by atoms with Crippen molar-refractivity contribution in [2.75, 3.05) is 6.54 Å². The average molecular weight is 246 g/mol. The summed E-state index contributed by atoms with van der Waals surface area (Å²) in [6.45, 7) is 0.768. The molecule has 0 unspecified atom stereocenters. The largest absolute Gasteiger partial charge is 0.330 e. The van der Waals surface area contributed by atoms with Crippen molar-refractivity contribution in [1.29, 1.82) is 0 Å². The van der Waals surface area contributed by atoms with Crippen molar-refractivity contribution in [2.45, 2.75) is 37.5 Å². The lowest BCUT2D eigenvalue weighted by molar-refractivity contribution is 0.303. The number of rotatable bonds is 2. The summed E-state index contributed by atoms with van der Waals surface area (Å²) in [5.74, 6) is 0. The van der Waals surface area contributed by atoms with Gasteiger partial charge in [0.1, 0.15) is 0 Å². The Morgan fingerprint density at radius 1 is 1.24 bits per heavy atom. The summed E-state index contributed by atoms with van der Waals surface area (Å²) in [6.07, 6.45) is 6.46. The molecule has 0 atom stereocenters. The Hall–Kier alpha value is -0.930. The van der Waals surface area contributed by atoms with Crippen LogP contribution in [0.15, 0.2) is 23.7 Å². The van der Waals surface area contributed by atoms with Gasteiger partial charge in [-0.3, -0.25) is 0 Å². The van der Waals surface area contributed by atoms with Crippen LogP contribution in [0.3, 0.4) is 0 Å². The fourth-order valence-electron chi connectivity index (χ4n) is 3.12. The third-order valence-corrected chi connectivity index (χ3v) is 5.00. The van der Waals surface area contributed by atoms with Gasteiger partial charge in [0.25, 0.3) is 0 Å². The molecule has 1 aromatic carbocycles. The highest BCUT2D eigenvalue weighted by Crippen LogP contribution is 2.42. The Morgan fingerprint density at radius 2 is 2.06 bits per heavy atom. The lowest BCUT2D eigenvalue weighted by atomic mass is 9.69. The van der Waals surface area contributed by atoms with Crippen LogP contribution in [-0.2, 0) is 5.41 Å². The molecule has 3 heteroatoms. The summed E-state index contributed by atoms with van der Waals surface area (Å²) < 4.78 is 1.35. The number of fused-ring (bicyclic) bond motifs is 1. The van der Waals surface area contributed by atoms with Crippen molar-refractivity contribution in [3.63, 3.8) is 0 Å². The zero-order valence-electron chi connectivity index (χ0n) is 9.98. The smallest absolute Gasteiger partial charge is 0.0815 e. The molecule has 0 amide bonds. The van der Waals surface area contributed by atoms with E-state index in [1.54, 1.807) is 11.3 Å². The third-order valence-electron chi connectivity index (χ3n) is 4.13. The quantitative estimate of drug-likeness (QED) is 0.881. The van der Waals surface area contributed by atoms with E-state index in [2.05, 4.69) is 23.2 Å². The summed E-state index contributed by atoms with van der Waals surface area (Å²) in [5, 5.41) is 0. The summed E-state index contributed by atoms with van der Waals surface area (Å²) in [6, 6.07) is 6.49. The molecular formula is C14H18N2S. The minimum Gasteiger partial charge on any atom is -0.330 e. The zero-order chi connectivity index (χ0) is 11.7. The Labute approximate surface area is 106 Å². The fourth-order valence-corrected chi connectivity index (χ4v) is 4.04. The molecule has 0 saturated heterocycles. The van der Waals surface area contributed by atoms with Gasteiger partial charge in [-0.2, -0.15) is 0 Å². The Kier molecular flexibility index (Phi) is 2.89. The van der Waals surface area contributed by atoms with Crippen LogP contribution in [0.4, 0.5) is 0 Å². The molecule has 0 spiro atoms. The molecule has 1 heterocycles. The zero-order valence-corrected chi connectivity index (χ0v) is 10.8. The fraction of sp³-hybridized carbons (Fsp3) is 0.500. The predicted octanol–water partition coefficient (Wildman–Crippen LogP) is 3.46. The van der Waals surface area contributed by atoms with E-state index >= 15 is 0 Å². The first-order chi connectivity index (χ1) is 8.36. The number of aromatic nitrogens is 1. The van der Waals surface area contributed by atoms with E-state index in [4.69, 9.17) is 5.73 Å². The molecule has 3 rings (SSSR count). The van der Waals surface area contributed by atoms with E-state index in [0.29, 0.717) is 0 Å². The lowest BCUT2D eigenvalue weighted by Gasteiger charge is -2.37. The van der Waals surface area contributed by atoms with Crippen molar-refractivity contribution >= 4 is 21.6 Å². The number of hydrogen-bond acceptors (Lipinski definition) is 3. The van der Waals surface area contributed by atoms with Crippen molar-refractivity contribution in [1.82, 2.24) is 4.98 Å². The molecule has 1 saturated carbocycles. The molecule has 1 fully saturated rings. The molecule has 0 radical (unpaired) electrons. The van der Waals surface area contributed by atoms with Crippen molar-refractivity contribution in [2.24, 2.45) is 5.73 Å². The van der Waals surface area contributed by atoms with Crippen LogP contribution in [0.5, 0.6) is 0 Å². The Balaban J connectivity index is 2.14. The number of hydrogen-bond donors (Lipinski definition) is 1. The maximum atomic E-state index is 6.11. The average Bonchev–Trinajstić information content (AvgIpc) is 2.87. The second-order valence-corrected chi connectivity index (χ2v) is 5.91. The molecule has 1 aliphatic carbocycles. The van der Waals surface area contributed by atoms with Crippen molar-refractivity contribution in [3.05, 3.63) is 29.3 Å². The summed E-state index contributed by atoms with van der Waals surface area (Å²) >= 11 is 1.75. The standard InChI is InChI=1S/C14H18N2S/c15-9-14(7-2-1-3-8-14)11-5-4-6-12-13(11)17-10-16-12/h4-6,10H,1-3,7-9,15H2. The number of thiazole rings is 1. The van der Waals surface area contributed by atoms with Gasteiger partial charge >= 0.3 is 0 Å². The van der Waals surface area contributed by atoms with E-state index in [1.807, 2.05) is 5.51 Å². The van der Waals surface area contributed by atoms with E-state index in [0.717, 1.165) is 12.1 Å². The normalized spacial score (nSPS) is 19.6. The topological polar surface area (TPSA) is 38.9 Å². The maximum absolute atomic E-state index is 6.11. The van der Waals surface area contributed by atoms with Crippen LogP contribution in [0.1, 0.15) is 37.7 Å². The molecule has 17 heavy (non-hydrogen) atoms. The second kappa shape index (κ2) is 4.39. The van der Waals surface area contributed by atoms with E-state index in [9.17, 15) is 0 Å². The van der Waals surface area contributed by atoms with Crippen LogP contribution < -0.4 is 5.73 Å². The van der Waals surface area contributed by atoms with Crippen LogP contribution in [0, 0.1) is 0 Å². The number of benzene rings is 1. The van der Waals surface area contributed by atoms with Gasteiger partial charge in [-0.1, -0.05) is 31.4 Å². The summed E-state index contributed by atoms with van der Waals surface area (Å²) in [4.78, 5) is 4.42. The van der Waals surface area contributed by atoms with Gasteiger partial charge in [-0.25, -0.2) is 4.98 Å². The van der Waals surface area contributed by atoms with Gasteiger partial charge in [0, 0.05) is 12.0 Å². The Morgan fingerprint density at radius 3 is 2.82 bits per heavy atom. The van der Waals surface area contributed by atoms with E-state index in [1.165, 1.54) is 42.4 Å². The van der Waals surface area contributed by atoms with Crippen LogP contribution in [0.25, 0.3) is 10.2 Å². The van der Waals surface area contributed by atoms with Crippen LogP contribution in [0.2, 0.25) is 0 Å². The molecule has 1 aromatic heterocycles. The van der Waals surface area contributed by atoms with Crippen LogP contribution >= 0.6 is 11.3 Å². The third kappa shape index (κ3) is 1.78. The predicted molar refractivity (Wildman–Crippen MR) is 73.4 cm³/mol.